The fraction of sp³-hybridized carbons (Fsp3) is 0.800. The summed E-state index contributed by atoms with van der Waals surface area (Å²) in [7, 11) is -4.40. The molecule has 0 fully saturated rings. The summed E-state index contributed by atoms with van der Waals surface area (Å²) >= 11 is 0. The highest BCUT2D eigenvalue weighted by Gasteiger charge is 2.26. The van der Waals surface area contributed by atoms with Crippen molar-refractivity contribution in [1.29, 1.82) is 0 Å². The maximum atomic E-state index is 12.7. The quantitative estimate of drug-likeness (QED) is 0.0264. The van der Waals surface area contributed by atoms with Crippen molar-refractivity contribution in [2.45, 2.75) is 335 Å². The van der Waals surface area contributed by atoms with Gasteiger partial charge in [0.05, 0.1) is 13.2 Å². The Morgan fingerprint density at radius 3 is 1.02 bits per heavy atom. The molecule has 0 aromatic carbocycles. The van der Waals surface area contributed by atoms with Gasteiger partial charge >= 0.3 is 19.8 Å². The molecule has 9 nitrogen and oxygen atoms in total. The lowest BCUT2D eigenvalue weighted by molar-refractivity contribution is -0.161. The highest BCUT2D eigenvalue weighted by Crippen LogP contribution is 2.43. The van der Waals surface area contributed by atoms with Crippen molar-refractivity contribution < 1.29 is 37.6 Å². The molecule has 0 bridgehead atoms. The number of rotatable bonds is 64. The van der Waals surface area contributed by atoms with Crippen LogP contribution in [0.25, 0.3) is 0 Å². The third kappa shape index (κ3) is 64.6. The molecule has 0 aromatic heterocycles. The van der Waals surface area contributed by atoms with Crippen LogP contribution in [0.4, 0.5) is 0 Å². The predicted molar refractivity (Wildman–Crippen MR) is 344 cm³/mol. The Morgan fingerprint density at radius 1 is 0.388 bits per heavy atom. The van der Waals surface area contributed by atoms with Crippen molar-refractivity contribution >= 4 is 19.8 Å². The van der Waals surface area contributed by atoms with Crippen LogP contribution in [0.15, 0.2) is 72.9 Å². The Labute approximate surface area is 494 Å². The molecule has 0 aliphatic rings. The summed E-state index contributed by atoms with van der Waals surface area (Å²) in [4.78, 5) is 35.3. The molecule has 0 heterocycles. The summed E-state index contributed by atoms with van der Waals surface area (Å²) < 4.78 is 33.1. The average Bonchev–Trinajstić information content (AvgIpc) is 3.45. The number of hydrogen-bond acceptors (Lipinski definition) is 8. The van der Waals surface area contributed by atoms with Crippen LogP contribution >= 0.6 is 7.82 Å². The lowest BCUT2D eigenvalue weighted by Gasteiger charge is -2.19. The zero-order valence-corrected chi connectivity index (χ0v) is 53.2. The minimum atomic E-state index is -4.40. The van der Waals surface area contributed by atoms with Crippen LogP contribution in [0.1, 0.15) is 328 Å². The minimum absolute atomic E-state index is 0.0467. The fourth-order valence-corrected chi connectivity index (χ4v) is 10.6. The van der Waals surface area contributed by atoms with E-state index in [1.54, 1.807) is 0 Å². The number of nitrogens with two attached hydrogens (primary N) is 1. The molecule has 0 spiro atoms. The molecule has 0 radical (unpaired) electrons. The van der Waals surface area contributed by atoms with Crippen molar-refractivity contribution in [3.63, 3.8) is 0 Å². The van der Waals surface area contributed by atoms with E-state index in [0.29, 0.717) is 6.42 Å². The monoisotopic (exact) mass is 1140 g/mol. The molecular formula is C70H128NO8P. The van der Waals surface area contributed by atoms with E-state index in [1.807, 2.05) is 0 Å². The largest absolute Gasteiger partial charge is 0.472 e. The van der Waals surface area contributed by atoms with E-state index >= 15 is 0 Å². The van der Waals surface area contributed by atoms with Gasteiger partial charge < -0.3 is 20.1 Å². The number of carbonyl (C=O) groups is 2. The first-order chi connectivity index (χ1) is 39.3. The zero-order valence-electron chi connectivity index (χ0n) is 52.3. The first-order valence-electron chi connectivity index (χ1n) is 33.9. The van der Waals surface area contributed by atoms with Crippen molar-refractivity contribution in [2.24, 2.45) is 5.73 Å². The Bertz CT molecular complexity index is 1540. The minimum Gasteiger partial charge on any atom is -0.462 e. The molecule has 466 valence electrons. The topological polar surface area (TPSA) is 134 Å². The van der Waals surface area contributed by atoms with Gasteiger partial charge in [0.2, 0.25) is 0 Å². The number of ether oxygens (including phenoxy) is 2. The normalized spacial score (nSPS) is 13.4. The number of allylic oxidation sites excluding steroid dienone is 12. The lowest BCUT2D eigenvalue weighted by atomic mass is 10.0. The number of esters is 2. The molecule has 0 rings (SSSR count). The Morgan fingerprint density at radius 2 is 0.688 bits per heavy atom. The molecular weight excluding hydrogens is 1010 g/mol. The third-order valence-electron chi connectivity index (χ3n) is 14.9. The van der Waals surface area contributed by atoms with Gasteiger partial charge in [-0.2, -0.15) is 0 Å². The highest BCUT2D eigenvalue weighted by atomic mass is 31.2. The number of phosphoric acid groups is 1. The van der Waals surface area contributed by atoms with Gasteiger partial charge in [-0.05, 0) is 64.2 Å². The van der Waals surface area contributed by atoms with Crippen molar-refractivity contribution in [2.75, 3.05) is 26.4 Å². The number of carbonyl (C=O) groups excluding carboxylic acids is 2. The number of unbranched alkanes of at least 4 members (excludes halogenated alkanes) is 39. The standard InChI is InChI=1S/C70H128NO8P/c1-3-5-7-9-11-13-15-17-19-21-23-25-27-28-29-30-31-32-33-34-35-36-37-38-39-41-42-44-46-48-50-52-54-56-58-60-62-69(72)76-66-68(67-78-80(74,75)77-65-64-71)79-70(73)63-61-59-57-55-53-51-49-47-45-43-40-26-24-22-20-18-16-14-12-10-8-6-4-2/h6,8,12,14,18,20,24,26,43,45,49,51,68H,3-5,7,9-11,13,15-17,19,21-23,25,27-42,44,46-48,50,52-67,71H2,1-2H3,(H,74,75)/b8-6-,14-12-,20-18-,26-24-,45-43-,51-49-. The molecule has 2 unspecified atom stereocenters. The second kappa shape index (κ2) is 65.6. The van der Waals surface area contributed by atoms with E-state index in [2.05, 4.69) is 86.8 Å². The highest BCUT2D eigenvalue weighted by molar-refractivity contribution is 7.47. The predicted octanol–water partition coefficient (Wildman–Crippen LogP) is 22.0. The number of hydrogen-bond donors (Lipinski definition) is 2. The van der Waals surface area contributed by atoms with E-state index in [1.165, 1.54) is 212 Å². The summed E-state index contributed by atoms with van der Waals surface area (Å²) in [6.45, 7) is 3.64. The first kappa shape index (κ1) is 77.5. The summed E-state index contributed by atoms with van der Waals surface area (Å²) in [5.74, 6) is -0.847. The summed E-state index contributed by atoms with van der Waals surface area (Å²) in [5.41, 5.74) is 5.39. The van der Waals surface area contributed by atoms with Crippen LogP contribution in [0.5, 0.6) is 0 Å². The Hall–Kier alpha value is -2.55. The summed E-state index contributed by atoms with van der Waals surface area (Å²) in [6, 6.07) is 0. The Balaban J connectivity index is 3.85. The van der Waals surface area contributed by atoms with Gasteiger partial charge in [0.15, 0.2) is 6.10 Å². The van der Waals surface area contributed by atoms with Crippen LogP contribution in [0.2, 0.25) is 0 Å². The van der Waals surface area contributed by atoms with Gasteiger partial charge in [-0.1, -0.05) is 324 Å². The smallest absolute Gasteiger partial charge is 0.462 e. The molecule has 0 aromatic rings. The van der Waals surface area contributed by atoms with Gasteiger partial charge in [0.1, 0.15) is 6.61 Å². The average molecular weight is 1140 g/mol. The molecule has 80 heavy (non-hydrogen) atoms. The van der Waals surface area contributed by atoms with Crippen LogP contribution in [-0.2, 0) is 32.7 Å². The van der Waals surface area contributed by atoms with Crippen molar-refractivity contribution in [3.05, 3.63) is 72.9 Å². The van der Waals surface area contributed by atoms with Gasteiger partial charge in [0.25, 0.3) is 0 Å². The zero-order chi connectivity index (χ0) is 58.0. The van der Waals surface area contributed by atoms with Crippen LogP contribution in [-0.4, -0.2) is 49.3 Å². The van der Waals surface area contributed by atoms with Gasteiger partial charge in [-0.25, -0.2) is 4.57 Å². The van der Waals surface area contributed by atoms with Crippen LogP contribution in [0.3, 0.4) is 0 Å². The third-order valence-corrected chi connectivity index (χ3v) is 15.8. The van der Waals surface area contributed by atoms with Crippen LogP contribution < -0.4 is 5.73 Å². The molecule has 3 N–H and O–H groups in total. The maximum absolute atomic E-state index is 12.7. The maximum Gasteiger partial charge on any atom is 0.472 e. The molecule has 10 heteroatoms. The SMILES string of the molecule is CC/C=C\C/C=C\C/C=C\C/C=C\C/C=C\C/C=C\CCCCCCC(=O)OC(COC(=O)CCCCCCCCCCCCCCCCCCCCCCCCCCCCCCCCCCCCCC)COP(=O)(O)OCCN. The second-order valence-corrected chi connectivity index (χ2v) is 24.1. The molecule has 0 saturated carbocycles. The van der Waals surface area contributed by atoms with Gasteiger partial charge in [-0.3, -0.25) is 18.6 Å². The van der Waals surface area contributed by atoms with E-state index in [9.17, 15) is 19.0 Å². The van der Waals surface area contributed by atoms with Crippen molar-refractivity contribution in [1.82, 2.24) is 0 Å². The van der Waals surface area contributed by atoms with E-state index in [-0.39, 0.29) is 38.6 Å². The van der Waals surface area contributed by atoms with Crippen LogP contribution in [0, 0.1) is 0 Å². The van der Waals surface area contributed by atoms with Gasteiger partial charge in [0, 0.05) is 19.4 Å². The second-order valence-electron chi connectivity index (χ2n) is 22.7. The molecule has 0 aliphatic carbocycles. The van der Waals surface area contributed by atoms with E-state index in [0.717, 1.165) is 83.5 Å². The molecule has 2 atom stereocenters. The Kier molecular flexibility index (Phi) is 63.5. The summed E-state index contributed by atoms with van der Waals surface area (Å²) in [6.07, 6.45) is 85.8. The fourth-order valence-electron chi connectivity index (χ4n) is 9.88. The molecule has 0 saturated heterocycles. The van der Waals surface area contributed by atoms with E-state index in [4.69, 9.17) is 24.3 Å². The van der Waals surface area contributed by atoms with E-state index < -0.39 is 26.5 Å². The summed E-state index contributed by atoms with van der Waals surface area (Å²) in [5, 5.41) is 0. The lowest BCUT2D eigenvalue weighted by Crippen LogP contribution is -2.29. The van der Waals surface area contributed by atoms with Crippen molar-refractivity contribution in [3.8, 4) is 0 Å². The number of phosphoric ester groups is 1. The molecule has 0 amide bonds. The molecule has 0 aliphatic heterocycles. The van der Waals surface area contributed by atoms with Gasteiger partial charge in [-0.15, -0.1) is 0 Å². The first-order valence-corrected chi connectivity index (χ1v) is 35.4.